The number of aromatic nitrogens is 2. The predicted octanol–water partition coefficient (Wildman–Crippen LogP) is 2.16. The lowest BCUT2D eigenvalue weighted by molar-refractivity contribution is 0.108. The van der Waals surface area contributed by atoms with E-state index >= 15 is 0 Å². The molecule has 0 aliphatic rings. The van der Waals surface area contributed by atoms with Gasteiger partial charge in [0.05, 0.1) is 6.20 Å². The van der Waals surface area contributed by atoms with Crippen molar-refractivity contribution < 1.29 is 8.78 Å². The van der Waals surface area contributed by atoms with Crippen molar-refractivity contribution in [3.05, 3.63) is 17.5 Å². The largest absolute Gasteiger partial charge is 0.342 e. The summed E-state index contributed by atoms with van der Waals surface area (Å²) in [5.41, 5.74) is 0.259. The van der Waals surface area contributed by atoms with Gasteiger partial charge in [-0.05, 0) is 28.4 Å². The molecule has 56 valence electrons. The molecular weight excluding hydrogens is 206 g/mol. The van der Waals surface area contributed by atoms with Crippen LogP contribution in [0.25, 0.3) is 0 Å². The summed E-state index contributed by atoms with van der Waals surface area (Å²) in [6.45, 7) is 1.56. The molecule has 0 aromatic carbocycles. The van der Waals surface area contributed by atoms with Crippen LogP contribution in [0.4, 0.5) is 8.78 Å². The molecule has 1 N–H and O–H groups in total. The van der Waals surface area contributed by atoms with Crippen LogP contribution in [-0.2, 0) is 4.83 Å². The number of alkyl halides is 3. The highest BCUT2D eigenvalue weighted by atomic mass is 79.9. The van der Waals surface area contributed by atoms with Crippen LogP contribution < -0.4 is 0 Å². The first-order valence-electron chi connectivity index (χ1n) is 2.59. The Kier molecular flexibility index (Phi) is 1.76. The summed E-state index contributed by atoms with van der Waals surface area (Å²) in [7, 11) is 0. The van der Waals surface area contributed by atoms with Gasteiger partial charge in [0, 0.05) is 0 Å². The monoisotopic (exact) mass is 210 g/mol. The van der Waals surface area contributed by atoms with Crippen molar-refractivity contribution >= 4 is 15.9 Å². The molecule has 0 amide bonds. The van der Waals surface area contributed by atoms with Crippen LogP contribution in [0.3, 0.4) is 0 Å². The lowest BCUT2D eigenvalue weighted by Crippen LogP contribution is -2.04. The molecule has 2 nitrogen and oxygen atoms in total. The minimum absolute atomic E-state index is 0.188. The number of rotatable bonds is 1. The first-order valence-corrected chi connectivity index (χ1v) is 3.38. The topological polar surface area (TPSA) is 28.7 Å². The van der Waals surface area contributed by atoms with E-state index in [1.54, 1.807) is 6.92 Å². The SMILES string of the molecule is Cc1cn[nH]c1C(F)(F)Br. The Morgan fingerprint density at radius 1 is 1.70 bits per heavy atom. The molecule has 0 saturated heterocycles. The summed E-state index contributed by atoms with van der Waals surface area (Å²) in [6.07, 6.45) is 1.35. The maximum Gasteiger partial charge on any atom is 0.342 e. The Balaban J connectivity index is 3.05. The molecule has 0 fully saturated rings. The second kappa shape index (κ2) is 2.30. The number of H-pyrrole nitrogens is 1. The van der Waals surface area contributed by atoms with Gasteiger partial charge in [-0.3, -0.25) is 5.10 Å². The first-order chi connectivity index (χ1) is 4.52. The van der Waals surface area contributed by atoms with Crippen LogP contribution in [0, 0.1) is 6.92 Å². The third-order valence-electron chi connectivity index (χ3n) is 1.11. The van der Waals surface area contributed by atoms with Gasteiger partial charge in [-0.2, -0.15) is 13.9 Å². The molecule has 0 spiro atoms. The van der Waals surface area contributed by atoms with E-state index in [1.165, 1.54) is 6.20 Å². The molecule has 5 heteroatoms. The van der Waals surface area contributed by atoms with E-state index in [0.29, 0.717) is 5.56 Å². The Morgan fingerprint density at radius 2 is 2.30 bits per heavy atom. The quantitative estimate of drug-likeness (QED) is 0.708. The van der Waals surface area contributed by atoms with Gasteiger partial charge in [0.2, 0.25) is 0 Å². The highest BCUT2D eigenvalue weighted by molar-refractivity contribution is 9.09. The normalized spacial score (nSPS) is 12.0. The molecule has 0 radical (unpaired) electrons. The summed E-state index contributed by atoms with van der Waals surface area (Å²) < 4.78 is 24.8. The second-order valence-corrected chi connectivity index (χ2v) is 2.92. The maximum absolute atomic E-state index is 12.4. The lowest BCUT2D eigenvalue weighted by atomic mass is 10.3. The molecule has 1 aromatic rings. The third-order valence-corrected chi connectivity index (χ3v) is 1.51. The van der Waals surface area contributed by atoms with E-state index in [4.69, 9.17) is 0 Å². The number of nitrogens with zero attached hydrogens (tertiary/aromatic N) is 1. The summed E-state index contributed by atoms with van der Waals surface area (Å²) in [4.78, 5) is -2.99. The Hall–Kier alpha value is -0.450. The highest BCUT2D eigenvalue weighted by Gasteiger charge is 2.30. The first kappa shape index (κ1) is 7.65. The van der Waals surface area contributed by atoms with E-state index in [0.717, 1.165) is 0 Å². The second-order valence-electron chi connectivity index (χ2n) is 1.93. The van der Waals surface area contributed by atoms with Crippen LogP contribution in [0.1, 0.15) is 11.3 Å². The smallest absolute Gasteiger partial charge is 0.275 e. The fraction of sp³-hybridized carbons (Fsp3) is 0.400. The molecule has 0 aliphatic carbocycles. The Labute approximate surface area is 64.8 Å². The van der Waals surface area contributed by atoms with Crippen molar-refractivity contribution in [1.82, 2.24) is 10.2 Å². The lowest BCUT2D eigenvalue weighted by Gasteiger charge is -2.04. The van der Waals surface area contributed by atoms with E-state index in [-0.39, 0.29) is 5.69 Å². The fourth-order valence-corrected chi connectivity index (χ4v) is 1.03. The van der Waals surface area contributed by atoms with Gasteiger partial charge in [0.15, 0.2) is 0 Å². The third kappa shape index (κ3) is 1.34. The molecule has 0 aliphatic heterocycles. The number of aromatic amines is 1. The molecular formula is C5H5BrF2N2. The summed E-state index contributed by atoms with van der Waals surface area (Å²) in [6, 6.07) is 0. The van der Waals surface area contributed by atoms with Crippen LogP contribution in [0.5, 0.6) is 0 Å². The predicted molar refractivity (Wildman–Crippen MR) is 36.1 cm³/mol. The van der Waals surface area contributed by atoms with E-state index in [2.05, 4.69) is 26.1 Å². The summed E-state index contributed by atoms with van der Waals surface area (Å²) >= 11 is 2.21. The van der Waals surface area contributed by atoms with Gasteiger partial charge < -0.3 is 0 Å². The maximum atomic E-state index is 12.4. The van der Waals surface area contributed by atoms with Gasteiger partial charge in [-0.1, -0.05) is 0 Å². The van der Waals surface area contributed by atoms with Gasteiger partial charge in [-0.25, -0.2) is 0 Å². The Morgan fingerprint density at radius 3 is 2.50 bits per heavy atom. The summed E-state index contributed by atoms with van der Waals surface area (Å²) in [5.74, 6) is 0. The van der Waals surface area contributed by atoms with E-state index in [1.807, 2.05) is 0 Å². The number of halogens is 3. The van der Waals surface area contributed by atoms with E-state index < -0.39 is 4.83 Å². The molecule has 1 rings (SSSR count). The van der Waals surface area contributed by atoms with Crippen molar-refractivity contribution in [3.8, 4) is 0 Å². The van der Waals surface area contributed by atoms with Crippen molar-refractivity contribution in [2.45, 2.75) is 11.8 Å². The van der Waals surface area contributed by atoms with Gasteiger partial charge in [0.25, 0.3) is 0 Å². The minimum Gasteiger partial charge on any atom is -0.275 e. The van der Waals surface area contributed by atoms with Gasteiger partial charge in [0.1, 0.15) is 5.69 Å². The molecule has 1 heterocycles. The molecule has 0 unspecified atom stereocenters. The van der Waals surface area contributed by atoms with Crippen molar-refractivity contribution in [2.75, 3.05) is 0 Å². The average molecular weight is 211 g/mol. The molecule has 0 atom stereocenters. The number of hydrogen-bond donors (Lipinski definition) is 1. The standard InChI is InChI=1S/C5H5BrF2N2/c1-3-2-9-10-4(3)5(6,7)8/h2H,1H3,(H,9,10). The zero-order chi connectivity index (χ0) is 7.78. The minimum atomic E-state index is -2.99. The number of aryl methyl sites for hydroxylation is 1. The average Bonchev–Trinajstić information content (AvgIpc) is 2.11. The summed E-state index contributed by atoms with van der Waals surface area (Å²) in [5, 5.41) is 5.65. The highest BCUT2D eigenvalue weighted by Crippen LogP contribution is 2.34. The number of hydrogen-bond acceptors (Lipinski definition) is 1. The van der Waals surface area contributed by atoms with Crippen LogP contribution in [0.15, 0.2) is 6.20 Å². The van der Waals surface area contributed by atoms with E-state index in [9.17, 15) is 8.78 Å². The van der Waals surface area contributed by atoms with Crippen LogP contribution in [-0.4, -0.2) is 10.2 Å². The molecule has 10 heavy (non-hydrogen) atoms. The number of nitrogens with one attached hydrogen (secondary N) is 1. The molecule has 0 bridgehead atoms. The zero-order valence-corrected chi connectivity index (χ0v) is 6.74. The molecule has 0 saturated carbocycles. The fourth-order valence-electron chi connectivity index (χ4n) is 0.633. The van der Waals surface area contributed by atoms with Crippen molar-refractivity contribution in [3.63, 3.8) is 0 Å². The van der Waals surface area contributed by atoms with Crippen molar-refractivity contribution in [2.24, 2.45) is 0 Å². The molecule has 1 aromatic heterocycles. The zero-order valence-electron chi connectivity index (χ0n) is 5.16. The Bertz CT molecular complexity index is 228. The van der Waals surface area contributed by atoms with Gasteiger partial charge >= 0.3 is 4.83 Å². The van der Waals surface area contributed by atoms with Crippen LogP contribution in [0.2, 0.25) is 0 Å². The van der Waals surface area contributed by atoms with Crippen molar-refractivity contribution in [1.29, 1.82) is 0 Å². The van der Waals surface area contributed by atoms with Crippen LogP contribution >= 0.6 is 15.9 Å². The van der Waals surface area contributed by atoms with Gasteiger partial charge in [-0.15, -0.1) is 0 Å².